The van der Waals surface area contributed by atoms with Crippen molar-refractivity contribution in [3.63, 3.8) is 0 Å². The average Bonchev–Trinajstić information content (AvgIpc) is 3.07. The van der Waals surface area contributed by atoms with Gasteiger partial charge in [0, 0.05) is 12.2 Å². The molecular formula is C13H18N4. The summed E-state index contributed by atoms with van der Waals surface area (Å²) >= 11 is 0. The number of aromatic nitrogens is 2. The minimum absolute atomic E-state index is 0.431. The molecule has 0 bridgehead atoms. The van der Waals surface area contributed by atoms with Crippen molar-refractivity contribution >= 4 is 5.95 Å². The molecule has 0 amide bonds. The minimum atomic E-state index is 0.431. The summed E-state index contributed by atoms with van der Waals surface area (Å²) < 4.78 is 0. The highest BCUT2D eigenvalue weighted by atomic mass is 15.1. The van der Waals surface area contributed by atoms with E-state index in [-0.39, 0.29) is 0 Å². The van der Waals surface area contributed by atoms with Crippen LogP contribution in [-0.4, -0.2) is 16.5 Å². The van der Waals surface area contributed by atoms with Crippen LogP contribution in [0.25, 0.3) is 0 Å². The lowest BCUT2D eigenvalue weighted by Crippen LogP contribution is -2.17. The Balaban J connectivity index is 2.00. The lowest BCUT2D eigenvalue weighted by atomic mass is 10.0. The van der Waals surface area contributed by atoms with Gasteiger partial charge >= 0.3 is 0 Å². The summed E-state index contributed by atoms with van der Waals surface area (Å²) in [4.78, 5) is 8.46. The average molecular weight is 230 g/mol. The third-order valence-electron chi connectivity index (χ3n) is 3.33. The maximum Gasteiger partial charge on any atom is 0.224 e. The maximum absolute atomic E-state index is 8.84. The molecule has 90 valence electrons. The van der Waals surface area contributed by atoms with E-state index in [4.69, 9.17) is 5.26 Å². The molecular weight excluding hydrogens is 212 g/mol. The summed E-state index contributed by atoms with van der Waals surface area (Å²) in [6.07, 6.45) is 5.08. The van der Waals surface area contributed by atoms with Gasteiger partial charge in [0.1, 0.15) is 11.8 Å². The summed E-state index contributed by atoms with van der Waals surface area (Å²) in [5.74, 6) is 0.587. The molecule has 1 aromatic heterocycles. The fourth-order valence-electron chi connectivity index (χ4n) is 2.19. The molecule has 1 heterocycles. The Labute approximate surface area is 102 Å². The first-order chi connectivity index (χ1) is 8.17. The molecule has 4 heteroatoms. The van der Waals surface area contributed by atoms with E-state index in [1.165, 1.54) is 25.7 Å². The summed E-state index contributed by atoms with van der Waals surface area (Å²) in [5.41, 5.74) is 1.73. The minimum Gasteiger partial charge on any atom is -0.354 e. The van der Waals surface area contributed by atoms with Crippen molar-refractivity contribution < 1.29 is 0 Å². The standard InChI is InChI=1S/C13H18N4/c1-3-4-13(5-6-13)9-15-12-16-10(2)7-11(8-14)17-12/h7H,3-6,9H2,1-2H3,(H,15,16,17). The number of nitrogens with zero attached hydrogens (tertiary/aromatic N) is 3. The summed E-state index contributed by atoms with van der Waals surface area (Å²) in [5, 5.41) is 12.1. The second-order valence-electron chi connectivity index (χ2n) is 4.93. The normalized spacial score (nSPS) is 16.3. The Morgan fingerprint density at radius 1 is 1.47 bits per heavy atom. The van der Waals surface area contributed by atoms with Crippen LogP contribution in [0.15, 0.2) is 6.07 Å². The Morgan fingerprint density at radius 2 is 2.24 bits per heavy atom. The Kier molecular flexibility index (Phi) is 3.28. The smallest absolute Gasteiger partial charge is 0.224 e. The second-order valence-corrected chi connectivity index (χ2v) is 4.93. The molecule has 1 aliphatic carbocycles. The van der Waals surface area contributed by atoms with Crippen LogP contribution in [0.5, 0.6) is 0 Å². The van der Waals surface area contributed by atoms with Crippen molar-refractivity contribution in [1.29, 1.82) is 5.26 Å². The number of nitrogens with one attached hydrogen (secondary N) is 1. The van der Waals surface area contributed by atoms with E-state index in [9.17, 15) is 0 Å². The SMILES string of the molecule is CCCC1(CNc2nc(C)cc(C#N)n2)CC1. The van der Waals surface area contributed by atoms with Gasteiger partial charge in [-0.15, -0.1) is 0 Å². The zero-order chi connectivity index (χ0) is 12.3. The third-order valence-corrected chi connectivity index (χ3v) is 3.33. The highest BCUT2D eigenvalue weighted by molar-refractivity contribution is 5.33. The van der Waals surface area contributed by atoms with Crippen LogP contribution in [0, 0.1) is 23.7 Å². The quantitative estimate of drug-likeness (QED) is 0.844. The molecule has 0 spiro atoms. The molecule has 0 aromatic carbocycles. The lowest BCUT2D eigenvalue weighted by Gasteiger charge is -2.14. The molecule has 2 rings (SSSR count). The molecule has 1 N–H and O–H groups in total. The number of rotatable bonds is 5. The number of aryl methyl sites for hydroxylation is 1. The van der Waals surface area contributed by atoms with Crippen molar-refractivity contribution in [3.8, 4) is 6.07 Å². The molecule has 0 radical (unpaired) electrons. The van der Waals surface area contributed by atoms with Crippen molar-refractivity contribution in [1.82, 2.24) is 9.97 Å². The van der Waals surface area contributed by atoms with E-state index in [0.717, 1.165) is 12.2 Å². The Bertz CT molecular complexity index is 443. The zero-order valence-electron chi connectivity index (χ0n) is 10.5. The molecule has 1 aliphatic rings. The van der Waals surface area contributed by atoms with Crippen molar-refractivity contribution in [3.05, 3.63) is 17.5 Å². The molecule has 1 fully saturated rings. The number of nitriles is 1. The topological polar surface area (TPSA) is 61.6 Å². The van der Waals surface area contributed by atoms with Crippen LogP contribution in [0.3, 0.4) is 0 Å². The summed E-state index contributed by atoms with van der Waals surface area (Å²) in [7, 11) is 0. The van der Waals surface area contributed by atoms with Crippen LogP contribution in [0.4, 0.5) is 5.95 Å². The van der Waals surface area contributed by atoms with Gasteiger partial charge in [-0.25, -0.2) is 9.97 Å². The summed E-state index contributed by atoms with van der Waals surface area (Å²) in [6, 6.07) is 3.75. The van der Waals surface area contributed by atoms with Gasteiger partial charge in [-0.2, -0.15) is 5.26 Å². The van der Waals surface area contributed by atoms with Crippen LogP contribution in [0.1, 0.15) is 44.0 Å². The predicted molar refractivity (Wildman–Crippen MR) is 66.5 cm³/mol. The van der Waals surface area contributed by atoms with Gasteiger partial charge in [-0.3, -0.25) is 0 Å². The molecule has 0 saturated heterocycles. The summed E-state index contributed by atoms with van der Waals surface area (Å²) in [6.45, 7) is 5.03. The molecule has 0 atom stereocenters. The van der Waals surface area contributed by atoms with Gasteiger partial charge in [0.15, 0.2) is 0 Å². The lowest BCUT2D eigenvalue weighted by molar-refractivity contribution is 0.484. The predicted octanol–water partition coefficient (Wildman–Crippen LogP) is 2.65. The number of anilines is 1. The molecule has 0 aliphatic heterocycles. The van der Waals surface area contributed by atoms with Gasteiger partial charge in [0.25, 0.3) is 0 Å². The number of hydrogen-bond donors (Lipinski definition) is 1. The highest BCUT2D eigenvalue weighted by Gasteiger charge is 2.41. The van der Waals surface area contributed by atoms with E-state index >= 15 is 0 Å². The van der Waals surface area contributed by atoms with E-state index < -0.39 is 0 Å². The number of hydrogen-bond acceptors (Lipinski definition) is 4. The fraction of sp³-hybridized carbons (Fsp3) is 0.615. The van der Waals surface area contributed by atoms with Crippen LogP contribution < -0.4 is 5.32 Å². The van der Waals surface area contributed by atoms with Gasteiger partial charge in [-0.1, -0.05) is 13.3 Å². The Hall–Kier alpha value is -1.63. The zero-order valence-corrected chi connectivity index (χ0v) is 10.5. The molecule has 4 nitrogen and oxygen atoms in total. The molecule has 0 unspecified atom stereocenters. The van der Waals surface area contributed by atoms with Crippen LogP contribution >= 0.6 is 0 Å². The van der Waals surface area contributed by atoms with Gasteiger partial charge in [0.05, 0.1) is 0 Å². The first-order valence-electron chi connectivity index (χ1n) is 6.17. The molecule has 1 aromatic rings. The third kappa shape index (κ3) is 2.94. The van der Waals surface area contributed by atoms with Gasteiger partial charge < -0.3 is 5.32 Å². The van der Waals surface area contributed by atoms with Crippen molar-refractivity contribution in [2.45, 2.75) is 39.5 Å². The van der Waals surface area contributed by atoms with Gasteiger partial charge in [-0.05, 0) is 37.7 Å². The Morgan fingerprint density at radius 3 is 2.82 bits per heavy atom. The molecule has 1 saturated carbocycles. The van der Waals surface area contributed by atoms with E-state index in [0.29, 0.717) is 17.1 Å². The van der Waals surface area contributed by atoms with Crippen LogP contribution in [-0.2, 0) is 0 Å². The second kappa shape index (κ2) is 4.70. The van der Waals surface area contributed by atoms with E-state index in [2.05, 4.69) is 28.3 Å². The largest absolute Gasteiger partial charge is 0.354 e. The first kappa shape index (κ1) is 11.8. The molecule has 17 heavy (non-hydrogen) atoms. The maximum atomic E-state index is 8.84. The highest BCUT2D eigenvalue weighted by Crippen LogP contribution is 2.49. The van der Waals surface area contributed by atoms with Crippen molar-refractivity contribution in [2.75, 3.05) is 11.9 Å². The van der Waals surface area contributed by atoms with Crippen LogP contribution in [0.2, 0.25) is 0 Å². The van der Waals surface area contributed by atoms with Gasteiger partial charge in [0.2, 0.25) is 5.95 Å². The van der Waals surface area contributed by atoms with Crippen molar-refractivity contribution in [2.24, 2.45) is 5.41 Å². The monoisotopic (exact) mass is 230 g/mol. The van der Waals surface area contributed by atoms with E-state index in [1.54, 1.807) is 6.07 Å². The first-order valence-corrected chi connectivity index (χ1v) is 6.17. The van der Waals surface area contributed by atoms with E-state index in [1.807, 2.05) is 6.92 Å². The fourth-order valence-corrected chi connectivity index (χ4v) is 2.19.